The van der Waals surface area contributed by atoms with Gasteiger partial charge < -0.3 is 18.7 Å². The number of nitro groups is 1. The summed E-state index contributed by atoms with van der Waals surface area (Å²) < 4.78 is 74.5. The average molecular weight is 524 g/mol. The minimum atomic E-state index is -4.59. The molecule has 2 aromatic carbocycles. The van der Waals surface area contributed by atoms with Gasteiger partial charge in [-0.25, -0.2) is 0 Å². The fraction of sp³-hybridized carbons (Fsp3) is 0.429. The maximum absolute atomic E-state index is 13.6. The van der Waals surface area contributed by atoms with E-state index < -0.39 is 41.6 Å². The maximum Gasteiger partial charge on any atom is 0.416 e. The third-order valence-corrected chi connectivity index (χ3v) is 7.74. The molecule has 0 aromatic heterocycles. The summed E-state index contributed by atoms with van der Waals surface area (Å²) in [6, 6.07) is 6.01. The maximum atomic E-state index is 13.6. The predicted molar refractivity (Wildman–Crippen MR) is 118 cm³/mol. The first kappa shape index (κ1) is 26.4. The highest BCUT2D eigenvalue weighted by molar-refractivity contribution is 7.67. The van der Waals surface area contributed by atoms with E-state index in [0.717, 1.165) is 18.2 Å². The molecule has 2 atom stereocenters. The molecule has 186 valence electrons. The van der Waals surface area contributed by atoms with Gasteiger partial charge >= 0.3 is 6.18 Å². The Morgan fingerprint density at radius 1 is 1.26 bits per heavy atom. The third-order valence-electron chi connectivity index (χ3n) is 4.95. The monoisotopic (exact) mass is 523 g/mol. The van der Waals surface area contributed by atoms with Crippen LogP contribution in [-0.4, -0.2) is 36.2 Å². The number of nitro benzene ring substituents is 1. The molecule has 2 aromatic rings. The van der Waals surface area contributed by atoms with Crippen molar-refractivity contribution in [2.24, 2.45) is 0 Å². The summed E-state index contributed by atoms with van der Waals surface area (Å²) in [7, 11) is -3.75. The van der Waals surface area contributed by atoms with Gasteiger partial charge in [0.2, 0.25) is 7.37 Å². The van der Waals surface area contributed by atoms with Crippen molar-refractivity contribution in [1.82, 2.24) is 0 Å². The minimum absolute atomic E-state index is 0.0129. The van der Waals surface area contributed by atoms with Crippen LogP contribution in [0.2, 0.25) is 5.02 Å². The van der Waals surface area contributed by atoms with Gasteiger partial charge in [0.15, 0.2) is 5.79 Å². The molecule has 1 saturated heterocycles. The van der Waals surface area contributed by atoms with Crippen LogP contribution in [0.3, 0.4) is 0 Å². The topological polar surface area (TPSA) is 97.1 Å². The first-order valence-electron chi connectivity index (χ1n) is 10.1. The van der Waals surface area contributed by atoms with Crippen LogP contribution in [0.5, 0.6) is 11.5 Å². The Hall–Kier alpha value is -2.17. The van der Waals surface area contributed by atoms with Crippen LogP contribution in [0, 0.1) is 10.1 Å². The molecular formula is C21H22ClF3NO7P. The van der Waals surface area contributed by atoms with Crippen LogP contribution in [0.15, 0.2) is 36.4 Å². The van der Waals surface area contributed by atoms with E-state index in [2.05, 4.69) is 0 Å². The molecule has 34 heavy (non-hydrogen) atoms. The highest BCUT2D eigenvalue weighted by atomic mass is 35.5. The number of halogens is 4. The first-order valence-corrected chi connectivity index (χ1v) is 12.3. The molecule has 0 aliphatic carbocycles. The number of benzene rings is 2. The van der Waals surface area contributed by atoms with Gasteiger partial charge in [-0.05, 0) is 38.1 Å². The second kappa shape index (κ2) is 9.83. The summed E-state index contributed by atoms with van der Waals surface area (Å²) in [5.74, 6) is -0.952. The molecule has 13 heteroatoms. The van der Waals surface area contributed by atoms with Crippen molar-refractivity contribution in [1.29, 1.82) is 0 Å². The fourth-order valence-electron chi connectivity index (χ4n) is 3.26. The van der Waals surface area contributed by atoms with Crippen LogP contribution in [0.25, 0.3) is 0 Å². The molecule has 1 aliphatic rings. The molecule has 0 bridgehead atoms. The average Bonchev–Trinajstić information content (AvgIpc) is 3.11. The molecule has 0 spiro atoms. The summed E-state index contributed by atoms with van der Waals surface area (Å²) in [6.07, 6.45) is -5.16. The van der Waals surface area contributed by atoms with Crippen molar-refractivity contribution in [3.8, 4) is 11.5 Å². The highest BCUT2D eigenvalue weighted by Crippen LogP contribution is 2.49. The Labute approximate surface area is 198 Å². The minimum Gasteiger partial charge on any atom is -0.456 e. The van der Waals surface area contributed by atoms with E-state index >= 15 is 0 Å². The smallest absolute Gasteiger partial charge is 0.416 e. The Bertz CT molecular complexity index is 1130. The van der Waals surface area contributed by atoms with E-state index in [1.165, 1.54) is 12.1 Å². The van der Waals surface area contributed by atoms with Crippen LogP contribution in [0.4, 0.5) is 18.9 Å². The molecule has 0 saturated carbocycles. The molecule has 3 rings (SSSR count). The SMILES string of the molecule is CCP(=O)(OCC1COC(C)(C)O1)c1cc(Oc2ccc(C(F)(F)F)cc2Cl)ccc1[N+](=O)[O-]. The van der Waals surface area contributed by atoms with Crippen LogP contribution >= 0.6 is 19.0 Å². The van der Waals surface area contributed by atoms with Crippen molar-refractivity contribution >= 4 is 30.0 Å². The lowest BCUT2D eigenvalue weighted by atomic mass is 10.2. The first-order chi connectivity index (χ1) is 15.7. The Morgan fingerprint density at radius 3 is 2.50 bits per heavy atom. The Kier molecular flexibility index (Phi) is 7.64. The summed E-state index contributed by atoms with van der Waals surface area (Å²) in [5, 5.41) is 11.1. The number of rotatable bonds is 8. The van der Waals surface area contributed by atoms with Crippen LogP contribution < -0.4 is 10.0 Å². The fourth-order valence-corrected chi connectivity index (χ4v) is 5.38. The number of ether oxygens (including phenoxy) is 3. The second-order valence-electron chi connectivity index (χ2n) is 7.89. The molecule has 0 N–H and O–H groups in total. The van der Waals surface area contributed by atoms with Gasteiger partial charge in [-0.1, -0.05) is 18.5 Å². The molecule has 1 fully saturated rings. The summed E-state index contributed by atoms with van der Waals surface area (Å²) in [6.45, 7) is 5.06. The normalized spacial score (nSPS) is 19.6. The van der Waals surface area contributed by atoms with E-state index in [0.29, 0.717) is 6.07 Å². The molecule has 0 radical (unpaired) electrons. The van der Waals surface area contributed by atoms with Gasteiger partial charge in [0.1, 0.15) is 22.9 Å². The molecule has 1 heterocycles. The zero-order valence-corrected chi connectivity index (χ0v) is 20.1. The zero-order valence-electron chi connectivity index (χ0n) is 18.4. The number of hydrogen-bond acceptors (Lipinski definition) is 7. The van der Waals surface area contributed by atoms with Gasteiger partial charge in [0.25, 0.3) is 5.69 Å². The third kappa shape index (κ3) is 6.09. The van der Waals surface area contributed by atoms with Gasteiger partial charge in [-0.3, -0.25) is 14.7 Å². The molecule has 8 nitrogen and oxygen atoms in total. The molecular weight excluding hydrogens is 502 g/mol. The largest absolute Gasteiger partial charge is 0.456 e. The quantitative estimate of drug-likeness (QED) is 0.232. The van der Waals surface area contributed by atoms with E-state index in [9.17, 15) is 27.9 Å². The van der Waals surface area contributed by atoms with Crippen molar-refractivity contribution in [3.05, 3.63) is 57.1 Å². The number of nitrogens with zero attached hydrogens (tertiary/aromatic N) is 1. The number of alkyl halides is 3. The van der Waals surface area contributed by atoms with E-state index in [1.54, 1.807) is 20.8 Å². The van der Waals surface area contributed by atoms with Crippen LogP contribution in [-0.2, 0) is 24.7 Å². The van der Waals surface area contributed by atoms with Crippen molar-refractivity contribution in [3.63, 3.8) is 0 Å². The zero-order chi connectivity index (χ0) is 25.3. The van der Waals surface area contributed by atoms with E-state index in [-0.39, 0.29) is 41.2 Å². The van der Waals surface area contributed by atoms with Crippen molar-refractivity contribution in [2.75, 3.05) is 19.4 Å². The summed E-state index contributed by atoms with van der Waals surface area (Å²) in [4.78, 5) is 10.9. The van der Waals surface area contributed by atoms with Crippen molar-refractivity contribution in [2.45, 2.75) is 38.8 Å². The second-order valence-corrected chi connectivity index (χ2v) is 11.0. The summed E-state index contributed by atoms with van der Waals surface area (Å²) >= 11 is 5.93. The standard InChI is InChI=1S/C21H22ClF3NO7P/c1-4-34(29,31-12-15-11-30-20(2,3)33-15)19-10-14(6-7-17(19)26(27)28)32-18-8-5-13(9-16(18)22)21(23,24)25/h5-10,15H,4,11-12H2,1-3H3. The van der Waals surface area contributed by atoms with Gasteiger partial charge in [-0.15, -0.1) is 0 Å². The molecule has 2 unspecified atom stereocenters. The number of hydrogen-bond donors (Lipinski definition) is 0. The van der Waals surface area contributed by atoms with E-state index in [1.807, 2.05) is 0 Å². The molecule has 0 amide bonds. The van der Waals surface area contributed by atoms with Crippen LogP contribution in [0.1, 0.15) is 26.3 Å². The van der Waals surface area contributed by atoms with Gasteiger partial charge in [0, 0.05) is 18.3 Å². The highest BCUT2D eigenvalue weighted by Gasteiger charge is 2.37. The lowest BCUT2D eigenvalue weighted by Crippen LogP contribution is -2.25. The Morgan fingerprint density at radius 2 is 1.97 bits per heavy atom. The summed E-state index contributed by atoms with van der Waals surface area (Å²) in [5.41, 5.74) is -1.40. The Balaban J connectivity index is 1.89. The van der Waals surface area contributed by atoms with Crippen molar-refractivity contribution < 1.29 is 41.4 Å². The van der Waals surface area contributed by atoms with E-state index in [4.69, 9.17) is 30.3 Å². The van der Waals surface area contributed by atoms with Gasteiger partial charge in [-0.2, -0.15) is 13.2 Å². The predicted octanol–water partition coefficient (Wildman–Crippen LogP) is 6.15. The van der Waals surface area contributed by atoms with Gasteiger partial charge in [0.05, 0.1) is 28.7 Å². The molecule has 1 aliphatic heterocycles. The lowest BCUT2D eigenvalue weighted by molar-refractivity contribution is -0.383. The lowest BCUT2D eigenvalue weighted by Gasteiger charge is -2.21.